The van der Waals surface area contributed by atoms with E-state index in [0.717, 1.165) is 22.5 Å². The Morgan fingerprint density at radius 1 is 0.967 bits per heavy atom. The molecule has 0 spiro atoms. The lowest BCUT2D eigenvalue weighted by Gasteiger charge is -2.10. The van der Waals surface area contributed by atoms with Gasteiger partial charge in [0.05, 0.1) is 4.90 Å². The Morgan fingerprint density at radius 3 is 2.30 bits per heavy atom. The molecule has 0 saturated heterocycles. The Hall–Kier alpha value is -3.36. The van der Waals surface area contributed by atoms with E-state index >= 15 is 0 Å². The molecule has 3 aromatic rings. The number of aryl methyl sites for hydroxylation is 1. The van der Waals surface area contributed by atoms with Crippen LogP contribution in [-0.4, -0.2) is 20.9 Å². The number of anilines is 2. The van der Waals surface area contributed by atoms with Gasteiger partial charge in [-0.15, -0.1) is 0 Å². The maximum absolute atomic E-state index is 12.1. The van der Waals surface area contributed by atoms with E-state index in [9.17, 15) is 13.2 Å². The molecule has 1 amide bonds. The molecule has 156 valence electrons. The zero-order valence-electron chi connectivity index (χ0n) is 16.5. The lowest BCUT2D eigenvalue weighted by Crippen LogP contribution is -2.20. The van der Waals surface area contributed by atoms with Crippen LogP contribution in [0.15, 0.2) is 77.7 Å². The summed E-state index contributed by atoms with van der Waals surface area (Å²) in [5.74, 6) is 0.343. The summed E-state index contributed by atoms with van der Waals surface area (Å²) >= 11 is 0. The van der Waals surface area contributed by atoms with Crippen LogP contribution in [0.25, 0.3) is 0 Å². The van der Waals surface area contributed by atoms with Gasteiger partial charge in [-0.25, -0.2) is 13.6 Å². The van der Waals surface area contributed by atoms with E-state index in [1.807, 2.05) is 49.4 Å². The molecular formula is C22H23N3O4S. The van der Waals surface area contributed by atoms with Crippen molar-refractivity contribution in [2.45, 2.75) is 18.4 Å². The third-order valence-electron chi connectivity index (χ3n) is 4.28. The predicted octanol–water partition coefficient (Wildman–Crippen LogP) is 3.27. The van der Waals surface area contributed by atoms with Crippen molar-refractivity contribution in [2.24, 2.45) is 5.14 Å². The van der Waals surface area contributed by atoms with Crippen molar-refractivity contribution in [3.8, 4) is 5.75 Å². The van der Waals surface area contributed by atoms with Gasteiger partial charge in [0.15, 0.2) is 6.61 Å². The van der Waals surface area contributed by atoms with Crippen LogP contribution >= 0.6 is 0 Å². The number of nitrogens with one attached hydrogen (secondary N) is 2. The molecular weight excluding hydrogens is 402 g/mol. The SMILES string of the molecule is Cc1ccc(NC(=O)COc2cccc(CNc3ccc(S(N)(=O)=O)cc3)c2)cc1. The van der Waals surface area contributed by atoms with Crippen molar-refractivity contribution >= 4 is 27.3 Å². The maximum Gasteiger partial charge on any atom is 0.262 e. The summed E-state index contributed by atoms with van der Waals surface area (Å²) in [7, 11) is -3.70. The maximum atomic E-state index is 12.1. The number of benzene rings is 3. The average Bonchev–Trinajstić information content (AvgIpc) is 2.72. The van der Waals surface area contributed by atoms with Crippen LogP contribution in [0.5, 0.6) is 5.75 Å². The number of ether oxygens (including phenoxy) is 1. The van der Waals surface area contributed by atoms with Gasteiger partial charge in [0.1, 0.15) is 5.75 Å². The molecule has 0 radical (unpaired) electrons. The Bertz CT molecular complexity index is 1110. The first-order chi connectivity index (χ1) is 14.3. The predicted molar refractivity (Wildman–Crippen MR) is 117 cm³/mol. The Morgan fingerprint density at radius 2 is 1.63 bits per heavy atom. The van der Waals surface area contributed by atoms with Crippen LogP contribution < -0.4 is 20.5 Å². The van der Waals surface area contributed by atoms with Crippen molar-refractivity contribution in [3.63, 3.8) is 0 Å². The minimum Gasteiger partial charge on any atom is -0.484 e. The van der Waals surface area contributed by atoms with Gasteiger partial charge in [-0.3, -0.25) is 4.79 Å². The standard InChI is InChI=1S/C22H23N3O4S/c1-16-5-7-19(8-6-16)25-22(26)15-29-20-4-2-3-17(13-20)14-24-18-9-11-21(12-10-18)30(23,27)28/h2-13,24H,14-15H2,1H3,(H,25,26)(H2,23,27,28). The number of hydrogen-bond donors (Lipinski definition) is 3. The van der Waals surface area contributed by atoms with Gasteiger partial charge in [0.25, 0.3) is 5.91 Å². The van der Waals surface area contributed by atoms with E-state index in [1.165, 1.54) is 12.1 Å². The van der Waals surface area contributed by atoms with Crippen molar-refractivity contribution in [2.75, 3.05) is 17.2 Å². The van der Waals surface area contributed by atoms with Crippen molar-refractivity contribution in [3.05, 3.63) is 83.9 Å². The van der Waals surface area contributed by atoms with Gasteiger partial charge in [0.2, 0.25) is 10.0 Å². The highest BCUT2D eigenvalue weighted by Gasteiger charge is 2.07. The van der Waals surface area contributed by atoms with Crippen LogP contribution in [0.3, 0.4) is 0 Å². The van der Waals surface area contributed by atoms with Crippen LogP contribution in [0, 0.1) is 6.92 Å². The number of sulfonamides is 1. The zero-order valence-corrected chi connectivity index (χ0v) is 17.3. The summed E-state index contributed by atoms with van der Waals surface area (Å²) in [4.78, 5) is 12.1. The molecule has 0 aromatic heterocycles. The fourth-order valence-electron chi connectivity index (χ4n) is 2.69. The first-order valence-electron chi connectivity index (χ1n) is 9.24. The smallest absolute Gasteiger partial charge is 0.262 e. The van der Waals surface area contributed by atoms with Crippen LogP contribution in [-0.2, 0) is 21.4 Å². The molecule has 30 heavy (non-hydrogen) atoms. The number of amides is 1. The van der Waals surface area contributed by atoms with Gasteiger partial charge in [-0.05, 0) is 61.0 Å². The molecule has 7 nitrogen and oxygen atoms in total. The third-order valence-corrected chi connectivity index (χ3v) is 5.21. The van der Waals surface area contributed by atoms with Crippen LogP contribution in [0.2, 0.25) is 0 Å². The zero-order chi connectivity index (χ0) is 21.6. The van der Waals surface area contributed by atoms with E-state index in [4.69, 9.17) is 9.88 Å². The lowest BCUT2D eigenvalue weighted by molar-refractivity contribution is -0.118. The minimum absolute atomic E-state index is 0.0624. The Labute approximate surface area is 175 Å². The first-order valence-corrected chi connectivity index (χ1v) is 10.8. The van der Waals surface area contributed by atoms with Gasteiger partial charge >= 0.3 is 0 Å². The number of hydrogen-bond acceptors (Lipinski definition) is 5. The molecule has 0 aliphatic rings. The normalized spacial score (nSPS) is 11.0. The molecule has 0 heterocycles. The minimum atomic E-state index is -3.70. The molecule has 0 fully saturated rings. The summed E-state index contributed by atoms with van der Waals surface area (Å²) in [6, 6.07) is 21.1. The Balaban J connectivity index is 1.51. The van der Waals surface area contributed by atoms with Crippen LogP contribution in [0.1, 0.15) is 11.1 Å². The van der Waals surface area contributed by atoms with E-state index < -0.39 is 10.0 Å². The molecule has 0 saturated carbocycles. The van der Waals surface area contributed by atoms with Crippen molar-refractivity contribution in [1.82, 2.24) is 0 Å². The molecule has 3 rings (SSSR count). The summed E-state index contributed by atoms with van der Waals surface area (Å²) < 4.78 is 28.2. The quantitative estimate of drug-likeness (QED) is 0.513. The molecule has 0 aliphatic carbocycles. The topological polar surface area (TPSA) is 111 Å². The van der Waals surface area contributed by atoms with Gasteiger partial charge < -0.3 is 15.4 Å². The number of primary sulfonamides is 1. The molecule has 8 heteroatoms. The van der Waals surface area contributed by atoms with E-state index in [0.29, 0.717) is 12.3 Å². The van der Waals surface area contributed by atoms with Crippen LogP contribution in [0.4, 0.5) is 11.4 Å². The van der Waals surface area contributed by atoms with E-state index in [2.05, 4.69) is 10.6 Å². The summed E-state index contributed by atoms with van der Waals surface area (Å²) in [5.41, 5.74) is 3.55. The summed E-state index contributed by atoms with van der Waals surface area (Å²) in [6.07, 6.45) is 0. The average molecular weight is 426 g/mol. The molecule has 4 N–H and O–H groups in total. The fraction of sp³-hybridized carbons (Fsp3) is 0.136. The number of carbonyl (C=O) groups is 1. The number of nitrogens with two attached hydrogens (primary N) is 1. The highest BCUT2D eigenvalue weighted by atomic mass is 32.2. The van der Waals surface area contributed by atoms with Gasteiger partial charge in [-0.1, -0.05) is 29.8 Å². The first kappa shape index (κ1) is 21.4. The number of carbonyl (C=O) groups excluding carboxylic acids is 1. The lowest BCUT2D eigenvalue weighted by atomic mass is 10.2. The Kier molecular flexibility index (Phi) is 6.71. The van der Waals surface area contributed by atoms with E-state index in [1.54, 1.807) is 18.2 Å². The number of rotatable bonds is 8. The molecule has 0 unspecified atom stereocenters. The second-order valence-corrected chi connectivity index (χ2v) is 8.33. The fourth-order valence-corrected chi connectivity index (χ4v) is 3.21. The molecule has 3 aromatic carbocycles. The summed E-state index contributed by atoms with van der Waals surface area (Å²) in [6.45, 7) is 2.39. The van der Waals surface area contributed by atoms with E-state index in [-0.39, 0.29) is 17.4 Å². The monoisotopic (exact) mass is 425 g/mol. The highest BCUT2D eigenvalue weighted by Crippen LogP contribution is 2.17. The second-order valence-electron chi connectivity index (χ2n) is 6.77. The van der Waals surface area contributed by atoms with Gasteiger partial charge in [-0.2, -0.15) is 0 Å². The molecule has 0 bridgehead atoms. The summed E-state index contributed by atoms with van der Waals surface area (Å²) in [5, 5.41) is 11.1. The van der Waals surface area contributed by atoms with Crippen molar-refractivity contribution < 1.29 is 17.9 Å². The highest BCUT2D eigenvalue weighted by molar-refractivity contribution is 7.89. The van der Waals surface area contributed by atoms with Crippen molar-refractivity contribution in [1.29, 1.82) is 0 Å². The third kappa shape index (κ3) is 6.33. The molecule has 0 aliphatic heterocycles. The second kappa shape index (κ2) is 9.43. The largest absolute Gasteiger partial charge is 0.484 e. The molecule has 0 atom stereocenters. The van der Waals surface area contributed by atoms with Gasteiger partial charge in [0, 0.05) is 17.9 Å².